The van der Waals surface area contributed by atoms with Crippen LogP contribution >= 0.6 is 11.6 Å². The maximum absolute atomic E-state index is 13.0. The number of carbonyl (C=O) groups is 1. The molecule has 0 aliphatic carbocycles. The van der Waals surface area contributed by atoms with Gasteiger partial charge < -0.3 is 4.90 Å². The average molecular weight is 392 g/mol. The molecule has 0 unspecified atom stereocenters. The summed E-state index contributed by atoms with van der Waals surface area (Å²) in [6, 6.07) is 11.7. The van der Waals surface area contributed by atoms with Crippen molar-refractivity contribution >= 4 is 34.1 Å². The van der Waals surface area contributed by atoms with Gasteiger partial charge in [0.15, 0.2) is 5.65 Å². The molecule has 1 amide bonds. The molecular weight excluding hydrogens is 374 g/mol. The van der Waals surface area contributed by atoms with Crippen LogP contribution in [-0.4, -0.2) is 43.5 Å². The SMILES string of the molecule is O=C(c1cnn2ccccc12)N1CCC(c2ccc3cc(Cl)cnc3n2)CC1. The van der Waals surface area contributed by atoms with Gasteiger partial charge in [-0.25, -0.2) is 14.5 Å². The third-order valence-electron chi connectivity index (χ3n) is 5.39. The van der Waals surface area contributed by atoms with Gasteiger partial charge in [0.1, 0.15) is 0 Å². The third-order valence-corrected chi connectivity index (χ3v) is 5.59. The van der Waals surface area contributed by atoms with Gasteiger partial charge in [-0.3, -0.25) is 4.79 Å². The van der Waals surface area contributed by atoms with Crippen LogP contribution in [0, 0.1) is 0 Å². The lowest BCUT2D eigenvalue weighted by atomic mass is 9.92. The first-order chi connectivity index (χ1) is 13.7. The van der Waals surface area contributed by atoms with E-state index in [0.717, 1.165) is 29.4 Å². The van der Waals surface area contributed by atoms with Gasteiger partial charge in [0, 0.05) is 42.5 Å². The summed E-state index contributed by atoms with van der Waals surface area (Å²) in [5, 5.41) is 5.83. The molecule has 1 saturated heterocycles. The van der Waals surface area contributed by atoms with Crippen molar-refractivity contribution in [3.63, 3.8) is 0 Å². The van der Waals surface area contributed by atoms with E-state index in [1.807, 2.05) is 47.5 Å². The molecule has 0 saturated carbocycles. The maximum Gasteiger partial charge on any atom is 0.257 e. The van der Waals surface area contributed by atoms with Crippen LogP contribution in [0.5, 0.6) is 0 Å². The molecule has 5 rings (SSSR count). The van der Waals surface area contributed by atoms with E-state index in [1.165, 1.54) is 0 Å². The van der Waals surface area contributed by atoms with Gasteiger partial charge in [-0.2, -0.15) is 5.10 Å². The lowest BCUT2D eigenvalue weighted by Gasteiger charge is -2.31. The van der Waals surface area contributed by atoms with Gasteiger partial charge in [-0.1, -0.05) is 17.7 Å². The molecule has 0 bridgehead atoms. The van der Waals surface area contributed by atoms with Crippen molar-refractivity contribution in [3.8, 4) is 0 Å². The van der Waals surface area contributed by atoms with Crippen molar-refractivity contribution in [2.75, 3.05) is 13.1 Å². The molecule has 4 aromatic rings. The lowest BCUT2D eigenvalue weighted by Crippen LogP contribution is -2.38. The highest BCUT2D eigenvalue weighted by Crippen LogP contribution is 2.29. The van der Waals surface area contributed by atoms with E-state index in [4.69, 9.17) is 16.6 Å². The van der Waals surface area contributed by atoms with E-state index in [0.29, 0.717) is 35.2 Å². The smallest absolute Gasteiger partial charge is 0.257 e. The van der Waals surface area contributed by atoms with E-state index in [2.05, 4.69) is 10.1 Å². The molecule has 28 heavy (non-hydrogen) atoms. The summed E-state index contributed by atoms with van der Waals surface area (Å²) in [6.45, 7) is 1.42. The summed E-state index contributed by atoms with van der Waals surface area (Å²) < 4.78 is 1.73. The minimum atomic E-state index is 0.0439. The molecule has 4 aromatic heterocycles. The second kappa shape index (κ2) is 6.87. The minimum Gasteiger partial charge on any atom is -0.338 e. The number of halogens is 1. The van der Waals surface area contributed by atoms with E-state index < -0.39 is 0 Å². The van der Waals surface area contributed by atoms with Crippen molar-refractivity contribution in [2.24, 2.45) is 0 Å². The number of pyridine rings is 3. The second-order valence-corrected chi connectivity index (χ2v) is 7.53. The molecule has 0 aromatic carbocycles. The maximum atomic E-state index is 13.0. The topological polar surface area (TPSA) is 63.4 Å². The molecule has 1 fully saturated rings. The standard InChI is InChI=1S/C21H18ClN5O/c22-16-11-15-4-5-18(25-20(15)23-12-16)14-6-9-26(10-7-14)21(28)17-13-24-27-8-2-1-3-19(17)27/h1-5,8,11-14H,6-7,9-10H2. The number of aromatic nitrogens is 4. The minimum absolute atomic E-state index is 0.0439. The van der Waals surface area contributed by atoms with Crippen LogP contribution in [0.3, 0.4) is 0 Å². The average Bonchev–Trinajstić information content (AvgIpc) is 3.17. The highest BCUT2D eigenvalue weighted by atomic mass is 35.5. The summed E-state index contributed by atoms with van der Waals surface area (Å²) in [7, 11) is 0. The Morgan fingerprint density at radius 1 is 1.11 bits per heavy atom. The van der Waals surface area contributed by atoms with Gasteiger partial charge >= 0.3 is 0 Å². The van der Waals surface area contributed by atoms with Gasteiger partial charge in [-0.15, -0.1) is 0 Å². The Balaban J connectivity index is 1.32. The second-order valence-electron chi connectivity index (χ2n) is 7.09. The third kappa shape index (κ3) is 2.99. The van der Waals surface area contributed by atoms with Crippen molar-refractivity contribution < 1.29 is 4.79 Å². The van der Waals surface area contributed by atoms with Crippen molar-refractivity contribution in [2.45, 2.75) is 18.8 Å². The molecule has 7 heteroatoms. The van der Waals surface area contributed by atoms with Crippen molar-refractivity contribution in [3.05, 3.63) is 71.3 Å². The zero-order valence-corrected chi connectivity index (χ0v) is 15.9. The summed E-state index contributed by atoms with van der Waals surface area (Å²) in [4.78, 5) is 23.9. The molecule has 1 aliphatic rings. The first-order valence-electron chi connectivity index (χ1n) is 9.33. The number of rotatable bonds is 2. The highest BCUT2D eigenvalue weighted by molar-refractivity contribution is 6.31. The van der Waals surface area contributed by atoms with Crippen molar-refractivity contribution in [1.29, 1.82) is 0 Å². The Morgan fingerprint density at radius 3 is 2.82 bits per heavy atom. The molecule has 0 atom stereocenters. The quantitative estimate of drug-likeness (QED) is 0.519. The van der Waals surface area contributed by atoms with Gasteiger partial charge in [0.2, 0.25) is 0 Å². The molecule has 5 heterocycles. The predicted molar refractivity (Wildman–Crippen MR) is 108 cm³/mol. The Hall–Kier alpha value is -2.99. The number of hydrogen-bond acceptors (Lipinski definition) is 4. The number of likely N-dealkylation sites (tertiary alicyclic amines) is 1. The molecule has 0 spiro atoms. The predicted octanol–water partition coefficient (Wildman–Crippen LogP) is 3.95. The Labute approximate surface area is 166 Å². The summed E-state index contributed by atoms with van der Waals surface area (Å²) in [6.07, 6.45) is 6.91. The van der Waals surface area contributed by atoms with Crippen LogP contribution in [0.2, 0.25) is 5.02 Å². The van der Waals surface area contributed by atoms with Crippen LogP contribution in [-0.2, 0) is 0 Å². The fraction of sp³-hybridized carbons (Fsp3) is 0.238. The molecular formula is C21H18ClN5O. The Morgan fingerprint density at radius 2 is 1.96 bits per heavy atom. The first kappa shape index (κ1) is 17.1. The van der Waals surface area contributed by atoms with Crippen LogP contribution < -0.4 is 0 Å². The monoisotopic (exact) mass is 391 g/mol. The fourth-order valence-electron chi connectivity index (χ4n) is 3.87. The molecule has 0 N–H and O–H groups in total. The number of nitrogens with zero attached hydrogens (tertiary/aromatic N) is 5. The van der Waals surface area contributed by atoms with E-state index in [9.17, 15) is 4.79 Å². The fourth-order valence-corrected chi connectivity index (χ4v) is 4.04. The first-order valence-corrected chi connectivity index (χ1v) is 9.71. The van der Waals surface area contributed by atoms with Gasteiger partial charge in [-0.05, 0) is 43.2 Å². The Kier molecular flexibility index (Phi) is 4.20. The summed E-state index contributed by atoms with van der Waals surface area (Å²) in [5.41, 5.74) is 3.25. The van der Waals surface area contributed by atoms with Crippen molar-refractivity contribution in [1.82, 2.24) is 24.5 Å². The lowest BCUT2D eigenvalue weighted by molar-refractivity contribution is 0.0714. The zero-order valence-electron chi connectivity index (χ0n) is 15.1. The van der Waals surface area contributed by atoms with Gasteiger partial charge in [0.05, 0.1) is 22.3 Å². The van der Waals surface area contributed by atoms with Crippen LogP contribution in [0.25, 0.3) is 16.6 Å². The molecule has 0 radical (unpaired) electrons. The van der Waals surface area contributed by atoms with Crippen LogP contribution in [0.1, 0.15) is 34.8 Å². The number of fused-ring (bicyclic) bond motifs is 2. The van der Waals surface area contributed by atoms with E-state index >= 15 is 0 Å². The normalized spacial score (nSPS) is 15.4. The van der Waals surface area contributed by atoms with Crippen LogP contribution in [0.15, 0.2) is 55.0 Å². The number of piperidine rings is 1. The summed E-state index contributed by atoms with van der Waals surface area (Å²) >= 11 is 6.00. The Bertz CT molecular complexity index is 1180. The zero-order chi connectivity index (χ0) is 19.1. The molecule has 1 aliphatic heterocycles. The van der Waals surface area contributed by atoms with Gasteiger partial charge in [0.25, 0.3) is 5.91 Å². The van der Waals surface area contributed by atoms with Crippen LogP contribution in [0.4, 0.5) is 0 Å². The van der Waals surface area contributed by atoms with E-state index in [1.54, 1.807) is 16.9 Å². The highest BCUT2D eigenvalue weighted by Gasteiger charge is 2.27. The van der Waals surface area contributed by atoms with E-state index in [-0.39, 0.29) is 5.91 Å². The number of amides is 1. The number of hydrogen-bond donors (Lipinski definition) is 0. The summed E-state index contributed by atoms with van der Waals surface area (Å²) in [5.74, 6) is 0.372. The largest absolute Gasteiger partial charge is 0.338 e. The molecule has 6 nitrogen and oxygen atoms in total. The molecule has 140 valence electrons. The number of carbonyl (C=O) groups excluding carboxylic acids is 1.